The van der Waals surface area contributed by atoms with E-state index in [4.69, 9.17) is 0 Å². The lowest BCUT2D eigenvalue weighted by Crippen LogP contribution is -2.34. The number of anilines is 1. The largest absolute Gasteiger partial charge is 0.352 e. The number of thioether (sulfide) groups is 1. The summed E-state index contributed by atoms with van der Waals surface area (Å²) >= 11 is 1.47. The molecule has 0 aromatic heterocycles. The van der Waals surface area contributed by atoms with Crippen LogP contribution in [0.3, 0.4) is 0 Å². The summed E-state index contributed by atoms with van der Waals surface area (Å²) in [6.07, 6.45) is 8.11. The van der Waals surface area contributed by atoms with Crippen molar-refractivity contribution in [3.8, 4) is 0 Å². The molecule has 1 saturated heterocycles. The maximum Gasteiger partial charge on any atom is 0.265 e. The minimum Gasteiger partial charge on any atom is -0.352 e. The first-order valence-corrected chi connectivity index (χ1v) is 14.8. The Morgan fingerprint density at radius 1 is 0.949 bits per heavy atom. The highest BCUT2D eigenvalue weighted by Gasteiger charge is 2.30. The van der Waals surface area contributed by atoms with Gasteiger partial charge < -0.3 is 15.1 Å². The van der Waals surface area contributed by atoms with E-state index in [-0.39, 0.29) is 11.8 Å². The van der Waals surface area contributed by atoms with Crippen LogP contribution in [0.2, 0.25) is 0 Å². The zero-order valence-corrected chi connectivity index (χ0v) is 23.5. The van der Waals surface area contributed by atoms with Gasteiger partial charge in [-0.3, -0.25) is 9.59 Å². The van der Waals surface area contributed by atoms with Crippen LogP contribution in [0.1, 0.15) is 59.2 Å². The highest BCUT2D eigenvalue weighted by Crippen LogP contribution is 2.43. The Kier molecular flexibility index (Phi) is 9.17. The number of rotatable bonds is 8. The number of carbonyl (C=O) groups excluding carboxylic acids is 2. The number of nitrogens with zero attached hydrogens (tertiary/aromatic N) is 2. The lowest BCUT2D eigenvalue weighted by Gasteiger charge is -2.31. The van der Waals surface area contributed by atoms with Gasteiger partial charge in [-0.15, -0.1) is 0 Å². The number of fused-ring (bicyclic) bond motifs is 1. The monoisotopic (exact) mass is 539 g/mol. The second-order valence-corrected chi connectivity index (χ2v) is 11.5. The van der Waals surface area contributed by atoms with Gasteiger partial charge in [0.25, 0.3) is 11.8 Å². The number of hydrogen-bond donors (Lipinski definition) is 1. The molecule has 6 heteroatoms. The van der Waals surface area contributed by atoms with Gasteiger partial charge in [-0.2, -0.15) is 0 Å². The van der Waals surface area contributed by atoms with E-state index >= 15 is 0 Å². The molecule has 0 atom stereocenters. The molecular weight excluding hydrogens is 502 g/mol. The lowest BCUT2D eigenvalue weighted by molar-refractivity contribution is -0.114. The van der Waals surface area contributed by atoms with Crippen molar-refractivity contribution in [1.29, 1.82) is 0 Å². The fourth-order valence-corrected chi connectivity index (χ4v) is 6.31. The average Bonchev–Trinajstić information content (AvgIpc) is 3.22. The van der Waals surface area contributed by atoms with Gasteiger partial charge in [-0.25, -0.2) is 0 Å². The Morgan fingerprint density at radius 3 is 2.51 bits per heavy atom. The third kappa shape index (κ3) is 7.20. The van der Waals surface area contributed by atoms with E-state index in [1.807, 2.05) is 71.6 Å². The second-order valence-electron chi connectivity index (χ2n) is 10.4. The highest BCUT2D eigenvalue weighted by molar-refractivity contribution is 8.04. The van der Waals surface area contributed by atoms with Gasteiger partial charge in [0.2, 0.25) is 0 Å². The maximum atomic E-state index is 13.8. The van der Waals surface area contributed by atoms with Gasteiger partial charge >= 0.3 is 0 Å². The molecule has 0 aliphatic carbocycles. The van der Waals surface area contributed by atoms with Crippen LogP contribution in [0.5, 0.6) is 0 Å². The van der Waals surface area contributed by atoms with Crippen molar-refractivity contribution < 1.29 is 9.59 Å². The maximum absolute atomic E-state index is 13.8. The molecule has 1 fully saturated rings. The van der Waals surface area contributed by atoms with Crippen LogP contribution in [-0.4, -0.2) is 42.9 Å². The van der Waals surface area contributed by atoms with Crippen molar-refractivity contribution >= 4 is 35.3 Å². The van der Waals surface area contributed by atoms with Crippen LogP contribution < -0.4 is 10.2 Å². The number of amides is 2. The van der Waals surface area contributed by atoms with Gasteiger partial charge in [0.1, 0.15) is 0 Å². The molecular formula is C33H37N3O2S. The number of likely N-dealkylation sites (tertiary alicyclic amines) is 1. The third-order valence-electron chi connectivity index (χ3n) is 7.34. The molecule has 0 radical (unpaired) electrons. The van der Waals surface area contributed by atoms with Gasteiger partial charge in [0.05, 0.1) is 17.1 Å². The van der Waals surface area contributed by atoms with Gasteiger partial charge in [-0.05, 0) is 81.2 Å². The van der Waals surface area contributed by atoms with Crippen LogP contribution in [0.25, 0.3) is 6.08 Å². The van der Waals surface area contributed by atoms with Crippen molar-refractivity contribution in [3.05, 3.63) is 100.0 Å². The quantitative estimate of drug-likeness (QED) is 0.257. The first kappa shape index (κ1) is 27.2. The fraction of sp³-hybridized carbons (Fsp3) is 0.333. The minimum absolute atomic E-state index is 0.0483. The van der Waals surface area contributed by atoms with E-state index in [1.54, 1.807) is 0 Å². The minimum atomic E-state index is -0.0905. The number of benzene rings is 3. The third-order valence-corrected chi connectivity index (χ3v) is 8.42. The summed E-state index contributed by atoms with van der Waals surface area (Å²) in [6, 6.07) is 23.9. The second kappa shape index (κ2) is 13.1. The Hall–Kier alpha value is -3.35. The first-order valence-electron chi connectivity index (χ1n) is 14.0. The normalized spacial score (nSPS) is 17.1. The van der Waals surface area contributed by atoms with Crippen molar-refractivity contribution in [2.24, 2.45) is 0 Å². The smallest absolute Gasteiger partial charge is 0.265 e. The van der Waals surface area contributed by atoms with Crippen LogP contribution in [0, 0.1) is 6.92 Å². The van der Waals surface area contributed by atoms with Crippen molar-refractivity contribution in [2.45, 2.75) is 50.5 Å². The summed E-state index contributed by atoms with van der Waals surface area (Å²) in [6.45, 7) is 6.51. The fourth-order valence-electron chi connectivity index (χ4n) is 5.27. The Labute approximate surface area is 236 Å². The zero-order chi connectivity index (χ0) is 27.0. The SMILES string of the molecule is Cc1cccc(CN2C(=O)/C(=C\c3ccccc3)Sc3ccc(C(=O)NCCCN4CCCCCC4)cc32)c1. The molecule has 2 aliphatic rings. The van der Waals surface area contributed by atoms with E-state index < -0.39 is 0 Å². The molecule has 5 nitrogen and oxygen atoms in total. The number of hydrogen-bond acceptors (Lipinski definition) is 4. The molecule has 3 aromatic carbocycles. The number of carbonyl (C=O) groups is 2. The molecule has 2 amide bonds. The summed E-state index contributed by atoms with van der Waals surface area (Å²) < 4.78 is 0. The van der Waals surface area contributed by atoms with Crippen LogP contribution in [0.4, 0.5) is 5.69 Å². The molecule has 0 spiro atoms. The molecule has 0 unspecified atom stereocenters. The van der Waals surface area contributed by atoms with E-state index in [2.05, 4.69) is 29.3 Å². The predicted molar refractivity (Wildman–Crippen MR) is 161 cm³/mol. The molecule has 202 valence electrons. The standard InChI is InChI=1S/C33H37N3O2S/c1-25-11-9-14-27(21-25)24-36-29-23-28(32(37)34-17-10-20-35-18-7-2-3-8-19-35)15-16-30(29)39-31(33(36)38)22-26-12-5-4-6-13-26/h4-6,9,11-16,21-23H,2-3,7-8,10,17-20,24H2,1H3,(H,34,37)/b31-22+. The Bertz CT molecular complexity index is 1330. The summed E-state index contributed by atoms with van der Waals surface area (Å²) in [5.74, 6) is -0.139. The van der Waals surface area contributed by atoms with Gasteiger partial charge in [0, 0.05) is 17.0 Å². The lowest BCUT2D eigenvalue weighted by atomic mass is 10.1. The first-order chi connectivity index (χ1) is 19.1. The summed E-state index contributed by atoms with van der Waals surface area (Å²) in [4.78, 5) is 32.8. The van der Waals surface area contributed by atoms with Crippen molar-refractivity contribution in [2.75, 3.05) is 31.1 Å². The van der Waals surface area contributed by atoms with E-state index in [9.17, 15) is 9.59 Å². The molecule has 1 N–H and O–H groups in total. The molecule has 0 bridgehead atoms. The van der Waals surface area contributed by atoms with Crippen LogP contribution in [-0.2, 0) is 11.3 Å². The summed E-state index contributed by atoms with van der Waals surface area (Å²) in [5.41, 5.74) is 4.57. The van der Waals surface area contributed by atoms with Crippen molar-refractivity contribution in [1.82, 2.24) is 10.2 Å². The average molecular weight is 540 g/mol. The Balaban J connectivity index is 1.33. The highest BCUT2D eigenvalue weighted by atomic mass is 32.2. The molecule has 2 aliphatic heterocycles. The predicted octanol–water partition coefficient (Wildman–Crippen LogP) is 6.67. The van der Waals surface area contributed by atoms with Crippen LogP contribution in [0.15, 0.2) is 82.6 Å². The number of nitrogens with one attached hydrogen (secondary N) is 1. The molecule has 39 heavy (non-hydrogen) atoms. The molecule has 3 aromatic rings. The molecule has 0 saturated carbocycles. The number of aryl methyl sites for hydroxylation is 1. The van der Waals surface area contributed by atoms with E-state index in [1.165, 1.54) is 50.5 Å². The molecule has 2 heterocycles. The Morgan fingerprint density at radius 2 is 1.74 bits per heavy atom. The zero-order valence-electron chi connectivity index (χ0n) is 22.7. The summed E-state index contributed by atoms with van der Waals surface area (Å²) in [7, 11) is 0. The van der Waals surface area contributed by atoms with Gasteiger partial charge in [-0.1, -0.05) is 84.8 Å². The topological polar surface area (TPSA) is 52.7 Å². The van der Waals surface area contributed by atoms with Crippen LogP contribution >= 0.6 is 11.8 Å². The summed E-state index contributed by atoms with van der Waals surface area (Å²) in [5, 5.41) is 3.10. The van der Waals surface area contributed by atoms with E-state index in [0.717, 1.165) is 40.2 Å². The van der Waals surface area contributed by atoms with Crippen molar-refractivity contribution in [3.63, 3.8) is 0 Å². The molecule has 5 rings (SSSR count). The van der Waals surface area contributed by atoms with E-state index in [0.29, 0.717) is 23.6 Å². The van der Waals surface area contributed by atoms with Gasteiger partial charge in [0.15, 0.2) is 0 Å².